The molecule has 0 unspecified atom stereocenters. The number of carbonyl (C=O) groups is 1. The molecule has 1 N–H and O–H groups in total. The maximum Gasteiger partial charge on any atom is 0.460 e. The molecule has 0 atom stereocenters. The molecule has 39 heavy (non-hydrogen) atoms. The van der Waals surface area contributed by atoms with Crippen LogP contribution in [0.1, 0.15) is 32.6 Å². The predicted molar refractivity (Wildman–Crippen MR) is 93.1 cm³/mol. The highest BCUT2D eigenvalue weighted by Crippen LogP contribution is 2.55. The minimum absolute atomic E-state index is 0.138. The Balaban J connectivity index is 0. The summed E-state index contributed by atoms with van der Waals surface area (Å²) in [6.07, 6.45) is -19.7. The van der Waals surface area contributed by atoms with Crippen molar-refractivity contribution < 1.29 is 93.7 Å². The Hall–Kier alpha value is -2.09. The van der Waals surface area contributed by atoms with Gasteiger partial charge < -0.3 is 9.84 Å². The fourth-order valence-corrected chi connectivity index (χ4v) is 2.01. The van der Waals surface area contributed by atoms with Crippen molar-refractivity contribution in [2.75, 3.05) is 13.2 Å². The summed E-state index contributed by atoms with van der Waals surface area (Å²) in [6.45, 7) is 2.40. The van der Waals surface area contributed by atoms with Gasteiger partial charge in [0.25, 0.3) is 0 Å². The molecule has 0 aliphatic heterocycles. The van der Waals surface area contributed by atoms with E-state index >= 15 is 0 Å². The molecule has 0 radical (unpaired) electrons. The first kappa shape index (κ1) is 39.1. The average Bonchev–Trinajstić information content (AvgIpc) is 2.73. The van der Waals surface area contributed by atoms with Gasteiger partial charge in [0.2, 0.25) is 0 Å². The lowest BCUT2D eigenvalue weighted by molar-refractivity contribution is -0.396. The van der Waals surface area contributed by atoms with Gasteiger partial charge in [-0.15, -0.1) is 0 Å². The Morgan fingerprint density at radius 3 is 1.18 bits per heavy atom. The van der Waals surface area contributed by atoms with Gasteiger partial charge in [0.05, 0.1) is 6.61 Å². The van der Waals surface area contributed by atoms with Gasteiger partial charge in [0.15, 0.2) is 0 Å². The summed E-state index contributed by atoms with van der Waals surface area (Å²) in [5, 5.41) is 8.07. The molecular formula is C18H18F18O3. The van der Waals surface area contributed by atoms with Crippen LogP contribution in [0.3, 0.4) is 0 Å². The number of carbonyl (C=O) groups excluding carboxylic acids is 1. The van der Waals surface area contributed by atoms with E-state index in [-0.39, 0.29) is 5.57 Å². The molecule has 0 fully saturated rings. The molecule has 0 amide bonds. The van der Waals surface area contributed by atoms with E-state index in [1.165, 1.54) is 6.92 Å². The number of rotatable bonds is 12. The molecule has 0 rings (SSSR count). The van der Waals surface area contributed by atoms with Gasteiger partial charge in [0, 0.05) is 25.0 Å². The molecule has 0 aromatic rings. The lowest BCUT2D eigenvalue weighted by Gasteiger charge is -2.33. The van der Waals surface area contributed by atoms with Crippen LogP contribution in [0.2, 0.25) is 0 Å². The molecule has 0 aliphatic carbocycles. The first-order valence-electron chi connectivity index (χ1n) is 9.73. The minimum Gasteiger partial charge on any atom is -0.462 e. The Bertz CT molecular complexity index is 813. The lowest BCUT2D eigenvalue weighted by atomic mass is 10.00. The summed E-state index contributed by atoms with van der Waals surface area (Å²) in [5.74, 6) is -39.2. The highest BCUT2D eigenvalue weighted by Gasteiger charge is 2.82. The third-order valence-corrected chi connectivity index (χ3v) is 4.29. The van der Waals surface area contributed by atoms with Crippen LogP contribution in [-0.4, -0.2) is 72.2 Å². The molecule has 0 heterocycles. The normalized spacial score (nSPS) is 14.5. The SMILES string of the molecule is C=C(C)C(=O)OCCCC(F)(F)C(F)(F)C(F)(F)C(F)(F)F.OCCCC(F)(F)C(F)(F)C(F)(F)C(F)(F)F. The molecule has 0 saturated heterocycles. The van der Waals surface area contributed by atoms with Gasteiger partial charge in [-0.3, -0.25) is 0 Å². The molecular weight excluding hydrogens is 606 g/mol. The molecule has 0 aromatic carbocycles. The van der Waals surface area contributed by atoms with E-state index in [2.05, 4.69) is 11.3 Å². The zero-order valence-electron chi connectivity index (χ0n) is 19.0. The van der Waals surface area contributed by atoms with Crippen molar-refractivity contribution in [3.63, 3.8) is 0 Å². The van der Waals surface area contributed by atoms with Crippen molar-refractivity contribution in [2.24, 2.45) is 0 Å². The third kappa shape index (κ3) is 8.70. The molecule has 0 aliphatic rings. The van der Waals surface area contributed by atoms with E-state index in [0.29, 0.717) is 0 Å². The van der Waals surface area contributed by atoms with Crippen LogP contribution in [0.4, 0.5) is 79.0 Å². The second-order valence-electron chi connectivity index (χ2n) is 7.55. The summed E-state index contributed by atoms with van der Waals surface area (Å²) < 4.78 is 226. The number of alkyl halides is 18. The van der Waals surface area contributed by atoms with Crippen molar-refractivity contribution in [1.29, 1.82) is 0 Å². The second-order valence-corrected chi connectivity index (χ2v) is 7.55. The minimum atomic E-state index is -6.90. The second kappa shape index (κ2) is 12.6. The number of aliphatic hydroxyl groups excluding tert-OH is 1. The van der Waals surface area contributed by atoms with Crippen LogP contribution in [0.25, 0.3) is 0 Å². The predicted octanol–water partition coefficient (Wildman–Crippen LogP) is 7.58. The van der Waals surface area contributed by atoms with E-state index < -0.39 is 92.8 Å². The molecule has 21 heteroatoms. The van der Waals surface area contributed by atoms with Gasteiger partial charge in [0.1, 0.15) is 0 Å². The van der Waals surface area contributed by atoms with Crippen LogP contribution in [0.15, 0.2) is 12.2 Å². The zero-order valence-corrected chi connectivity index (χ0v) is 19.0. The number of hydrogen-bond acceptors (Lipinski definition) is 3. The van der Waals surface area contributed by atoms with Crippen LogP contribution >= 0.6 is 0 Å². The van der Waals surface area contributed by atoms with Crippen LogP contribution in [0.5, 0.6) is 0 Å². The smallest absolute Gasteiger partial charge is 0.460 e. The van der Waals surface area contributed by atoms with Crippen molar-refractivity contribution in [3.05, 3.63) is 12.2 Å². The Kier molecular flexibility index (Phi) is 12.6. The molecule has 3 nitrogen and oxygen atoms in total. The summed E-state index contributed by atoms with van der Waals surface area (Å²) in [6, 6.07) is 0. The Labute approximate surface area is 206 Å². The Morgan fingerprint density at radius 2 is 0.923 bits per heavy atom. The molecule has 234 valence electrons. The number of ether oxygens (including phenoxy) is 1. The van der Waals surface area contributed by atoms with Crippen molar-refractivity contribution in [1.82, 2.24) is 0 Å². The van der Waals surface area contributed by atoms with Gasteiger partial charge in [-0.2, -0.15) is 79.0 Å². The quantitative estimate of drug-likeness (QED) is 0.105. The molecule has 0 bridgehead atoms. The number of esters is 1. The summed E-state index contributed by atoms with van der Waals surface area (Å²) in [5.41, 5.74) is -0.138. The van der Waals surface area contributed by atoms with E-state index in [1.54, 1.807) is 0 Å². The molecule has 0 aromatic heterocycles. The summed E-state index contributed by atoms with van der Waals surface area (Å²) in [7, 11) is 0. The largest absolute Gasteiger partial charge is 0.462 e. The first-order valence-corrected chi connectivity index (χ1v) is 9.73. The fraction of sp³-hybridized carbons (Fsp3) is 0.833. The van der Waals surface area contributed by atoms with Gasteiger partial charge in [-0.05, 0) is 19.8 Å². The standard InChI is InChI=1S/C11H11F9O2.C7H7F9O/c1-6(2)7(21)22-5-3-4-8(12,13)9(14,15)10(16,17)11(18,19)20;8-4(9,2-1-3-17)5(10,11)6(12,13)7(14,15)16/h1,3-5H2,2H3;17H,1-3H2. The molecule has 0 saturated carbocycles. The van der Waals surface area contributed by atoms with E-state index in [4.69, 9.17) is 5.11 Å². The van der Waals surface area contributed by atoms with Gasteiger partial charge >= 0.3 is 53.9 Å². The van der Waals surface area contributed by atoms with E-state index in [1.807, 2.05) is 0 Å². The topological polar surface area (TPSA) is 46.5 Å². The number of halogens is 18. The number of aliphatic hydroxyl groups is 1. The molecule has 0 spiro atoms. The van der Waals surface area contributed by atoms with Crippen LogP contribution < -0.4 is 0 Å². The van der Waals surface area contributed by atoms with Crippen molar-refractivity contribution in [2.45, 2.75) is 80.5 Å². The highest BCUT2D eigenvalue weighted by molar-refractivity contribution is 5.86. The van der Waals surface area contributed by atoms with Gasteiger partial charge in [-0.25, -0.2) is 4.79 Å². The monoisotopic (exact) mass is 624 g/mol. The van der Waals surface area contributed by atoms with E-state index in [0.717, 1.165) is 0 Å². The van der Waals surface area contributed by atoms with Gasteiger partial charge in [-0.1, -0.05) is 6.58 Å². The zero-order chi connectivity index (χ0) is 32.1. The fourth-order valence-electron chi connectivity index (χ4n) is 2.01. The summed E-state index contributed by atoms with van der Waals surface area (Å²) in [4.78, 5) is 10.8. The van der Waals surface area contributed by atoms with Crippen LogP contribution in [-0.2, 0) is 9.53 Å². The Morgan fingerprint density at radius 1 is 0.615 bits per heavy atom. The average molecular weight is 624 g/mol. The van der Waals surface area contributed by atoms with Crippen molar-refractivity contribution >= 4 is 5.97 Å². The van der Waals surface area contributed by atoms with E-state index in [9.17, 15) is 83.8 Å². The first-order chi connectivity index (χ1) is 16.9. The highest BCUT2D eigenvalue weighted by atomic mass is 19.4. The summed E-state index contributed by atoms with van der Waals surface area (Å²) >= 11 is 0. The maximum atomic E-state index is 13.0. The van der Waals surface area contributed by atoms with Crippen molar-refractivity contribution in [3.8, 4) is 0 Å². The lowest BCUT2D eigenvalue weighted by Crippen LogP contribution is -2.60. The van der Waals surface area contributed by atoms with Crippen LogP contribution in [0, 0.1) is 0 Å². The maximum absolute atomic E-state index is 13.0. The third-order valence-electron chi connectivity index (χ3n) is 4.29. The number of hydrogen-bond donors (Lipinski definition) is 1.